The molecular formula is C11H21NaO2. The zero-order chi connectivity index (χ0) is 10.1. The summed E-state index contributed by atoms with van der Waals surface area (Å²) in [5, 5.41) is 10.6. The summed E-state index contributed by atoms with van der Waals surface area (Å²) in [6, 6.07) is 0. The van der Waals surface area contributed by atoms with Gasteiger partial charge in [0.2, 0.25) is 0 Å². The largest absolute Gasteiger partial charge is 1.00 e. The average molecular weight is 208 g/mol. The van der Waals surface area contributed by atoms with Crippen LogP contribution in [0.5, 0.6) is 0 Å². The van der Waals surface area contributed by atoms with E-state index >= 15 is 0 Å². The maximum Gasteiger partial charge on any atom is 1.00 e. The minimum absolute atomic E-state index is 0. The van der Waals surface area contributed by atoms with Crippen LogP contribution in [0.1, 0.15) is 58.8 Å². The molecular weight excluding hydrogens is 187 g/mol. The third-order valence-electron chi connectivity index (χ3n) is 2.38. The Kier molecular flexibility index (Phi) is 13.9. The van der Waals surface area contributed by atoms with Gasteiger partial charge in [0, 0.05) is 5.97 Å². The van der Waals surface area contributed by atoms with Gasteiger partial charge in [0.25, 0.3) is 0 Å². The third-order valence-corrected chi connectivity index (χ3v) is 2.38. The second kappa shape index (κ2) is 11.5. The molecule has 0 heterocycles. The quantitative estimate of drug-likeness (QED) is 0.384. The van der Waals surface area contributed by atoms with E-state index < -0.39 is 5.97 Å². The van der Waals surface area contributed by atoms with E-state index in [-0.39, 0.29) is 35.5 Å². The van der Waals surface area contributed by atoms with Crippen molar-refractivity contribution in [3.63, 3.8) is 0 Å². The summed E-state index contributed by atoms with van der Waals surface area (Å²) in [5.41, 5.74) is 0. The SMILES string of the molecule is CCCCCC[C@@H](CCC)C(=O)[O-].[Na+]. The van der Waals surface area contributed by atoms with E-state index in [0.29, 0.717) is 0 Å². The molecule has 0 aromatic carbocycles. The van der Waals surface area contributed by atoms with Gasteiger partial charge in [-0.25, -0.2) is 0 Å². The van der Waals surface area contributed by atoms with Crippen LogP contribution in [-0.2, 0) is 4.79 Å². The second-order valence-corrected chi connectivity index (χ2v) is 3.65. The fraction of sp³-hybridized carbons (Fsp3) is 0.909. The van der Waals surface area contributed by atoms with Crippen LogP contribution in [0.2, 0.25) is 0 Å². The number of carbonyl (C=O) groups is 1. The number of carboxylic acid groups (broad SMARTS) is 1. The Hall–Kier alpha value is 0.470. The molecule has 0 aliphatic rings. The zero-order valence-corrected chi connectivity index (χ0v) is 11.8. The minimum Gasteiger partial charge on any atom is -0.550 e. The Labute approximate surface area is 110 Å². The predicted octanol–water partition coefficient (Wildman–Crippen LogP) is -0.873. The number of carboxylic acids is 1. The van der Waals surface area contributed by atoms with Gasteiger partial charge in [0.1, 0.15) is 0 Å². The molecule has 0 aromatic heterocycles. The Balaban J connectivity index is 0. The molecule has 14 heavy (non-hydrogen) atoms. The van der Waals surface area contributed by atoms with Gasteiger partial charge < -0.3 is 9.90 Å². The monoisotopic (exact) mass is 208 g/mol. The molecule has 0 amide bonds. The smallest absolute Gasteiger partial charge is 0.550 e. The van der Waals surface area contributed by atoms with Crippen molar-refractivity contribution < 1.29 is 39.5 Å². The fourth-order valence-electron chi connectivity index (χ4n) is 1.55. The molecule has 0 rings (SSSR count). The summed E-state index contributed by atoms with van der Waals surface area (Å²) >= 11 is 0. The van der Waals surface area contributed by atoms with Crippen molar-refractivity contribution in [2.24, 2.45) is 5.92 Å². The first-order chi connectivity index (χ1) is 6.22. The van der Waals surface area contributed by atoms with Crippen LogP contribution in [0, 0.1) is 5.92 Å². The van der Waals surface area contributed by atoms with Crippen molar-refractivity contribution in [3.05, 3.63) is 0 Å². The number of rotatable bonds is 8. The van der Waals surface area contributed by atoms with Gasteiger partial charge in [0.15, 0.2) is 0 Å². The molecule has 0 radical (unpaired) electrons. The molecule has 0 N–H and O–H groups in total. The maximum absolute atomic E-state index is 10.6. The van der Waals surface area contributed by atoms with Gasteiger partial charge in [-0.15, -0.1) is 0 Å². The van der Waals surface area contributed by atoms with Crippen molar-refractivity contribution in [2.45, 2.75) is 58.8 Å². The van der Waals surface area contributed by atoms with Gasteiger partial charge >= 0.3 is 29.6 Å². The van der Waals surface area contributed by atoms with E-state index in [0.717, 1.165) is 32.1 Å². The Bertz CT molecular complexity index is 137. The molecule has 0 bridgehead atoms. The number of unbranched alkanes of at least 4 members (excludes halogenated alkanes) is 3. The zero-order valence-electron chi connectivity index (χ0n) is 9.84. The van der Waals surface area contributed by atoms with Crippen molar-refractivity contribution in [3.8, 4) is 0 Å². The molecule has 2 nitrogen and oxygen atoms in total. The Morgan fingerprint density at radius 2 is 1.71 bits per heavy atom. The van der Waals surface area contributed by atoms with E-state index in [1.807, 2.05) is 6.92 Å². The van der Waals surface area contributed by atoms with Crippen molar-refractivity contribution in [1.29, 1.82) is 0 Å². The van der Waals surface area contributed by atoms with Crippen LogP contribution in [0.15, 0.2) is 0 Å². The molecule has 0 saturated carbocycles. The van der Waals surface area contributed by atoms with Gasteiger partial charge in [-0.2, -0.15) is 0 Å². The first kappa shape index (κ1) is 16.9. The Morgan fingerprint density at radius 1 is 1.07 bits per heavy atom. The summed E-state index contributed by atoms with van der Waals surface area (Å²) in [5.74, 6) is -1.07. The summed E-state index contributed by atoms with van der Waals surface area (Å²) < 4.78 is 0. The van der Waals surface area contributed by atoms with Gasteiger partial charge in [-0.1, -0.05) is 46.0 Å². The average Bonchev–Trinajstić information content (AvgIpc) is 2.10. The normalized spacial score (nSPS) is 11.9. The summed E-state index contributed by atoms with van der Waals surface area (Å²) in [7, 11) is 0. The van der Waals surface area contributed by atoms with Crippen molar-refractivity contribution >= 4 is 5.97 Å². The molecule has 0 spiro atoms. The van der Waals surface area contributed by atoms with E-state index in [1.165, 1.54) is 12.8 Å². The fourth-order valence-corrected chi connectivity index (χ4v) is 1.55. The summed E-state index contributed by atoms with van der Waals surface area (Å²) in [4.78, 5) is 10.6. The van der Waals surface area contributed by atoms with E-state index in [4.69, 9.17) is 0 Å². The number of hydrogen-bond acceptors (Lipinski definition) is 2. The molecule has 0 aromatic rings. The van der Waals surface area contributed by atoms with Gasteiger partial charge in [-0.3, -0.25) is 0 Å². The molecule has 3 heteroatoms. The molecule has 0 fully saturated rings. The van der Waals surface area contributed by atoms with Crippen LogP contribution in [0.4, 0.5) is 0 Å². The first-order valence-corrected chi connectivity index (χ1v) is 5.43. The molecule has 78 valence electrons. The van der Waals surface area contributed by atoms with Gasteiger partial charge in [-0.05, 0) is 18.8 Å². The van der Waals surface area contributed by atoms with E-state index in [1.54, 1.807) is 0 Å². The van der Waals surface area contributed by atoms with E-state index in [9.17, 15) is 9.90 Å². The molecule has 1 atom stereocenters. The van der Waals surface area contributed by atoms with Gasteiger partial charge in [0.05, 0.1) is 0 Å². The molecule has 0 unspecified atom stereocenters. The minimum atomic E-state index is -0.863. The summed E-state index contributed by atoms with van der Waals surface area (Å²) in [6.07, 6.45) is 7.11. The molecule has 0 aliphatic carbocycles. The van der Waals surface area contributed by atoms with Crippen LogP contribution in [0.25, 0.3) is 0 Å². The summed E-state index contributed by atoms with van der Waals surface area (Å²) in [6.45, 7) is 4.17. The topological polar surface area (TPSA) is 40.1 Å². The second-order valence-electron chi connectivity index (χ2n) is 3.65. The standard InChI is InChI=1S/C11H22O2.Na/c1-3-5-6-7-9-10(8-4-2)11(12)13;/h10H,3-9H2,1-2H3,(H,12,13);/q;+1/p-1/t10-;/m1./s1. The van der Waals surface area contributed by atoms with Crippen LogP contribution < -0.4 is 34.7 Å². The molecule has 0 aliphatic heterocycles. The predicted molar refractivity (Wildman–Crippen MR) is 52.2 cm³/mol. The molecule has 0 saturated heterocycles. The first-order valence-electron chi connectivity index (χ1n) is 5.43. The maximum atomic E-state index is 10.6. The number of aliphatic carboxylic acids is 1. The van der Waals surface area contributed by atoms with E-state index in [2.05, 4.69) is 6.92 Å². The Morgan fingerprint density at radius 3 is 2.14 bits per heavy atom. The third kappa shape index (κ3) is 9.04. The van der Waals surface area contributed by atoms with Crippen molar-refractivity contribution in [2.75, 3.05) is 0 Å². The van der Waals surface area contributed by atoms with Crippen molar-refractivity contribution in [1.82, 2.24) is 0 Å². The van der Waals surface area contributed by atoms with Crippen LogP contribution in [-0.4, -0.2) is 5.97 Å². The number of carbonyl (C=O) groups excluding carboxylic acids is 1. The van der Waals surface area contributed by atoms with Crippen LogP contribution >= 0.6 is 0 Å². The number of hydrogen-bond donors (Lipinski definition) is 0. The van der Waals surface area contributed by atoms with Crippen LogP contribution in [0.3, 0.4) is 0 Å².